The van der Waals surface area contributed by atoms with E-state index in [1.807, 2.05) is 48.5 Å². The quantitative estimate of drug-likeness (QED) is 0.399. The predicted octanol–water partition coefficient (Wildman–Crippen LogP) is 6.16. The van der Waals surface area contributed by atoms with E-state index in [1.54, 1.807) is 0 Å². The van der Waals surface area contributed by atoms with Crippen molar-refractivity contribution in [2.75, 3.05) is 6.61 Å². The largest absolute Gasteiger partial charge is 0.494 e. The first-order valence-corrected chi connectivity index (χ1v) is 10.6. The number of ether oxygens (including phenoxy) is 2. The van der Waals surface area contributed by atoms with Crippen molar-refractivity contribution in [3.8, 4) is 22.9 Å². The molecule has 0 spiro atoms. The zero-order valence-electron chi connectivity index (χ0n) is 17.1. The normalized spacial score (nSPS) is 18.6. The van der Waals surface area contributed by atoms with Gasteiger partial charge in [0.05, 0.1) is 18.2 Å². The standard InChI is InChI=1S/C25H29NO3/c1-2-3-4-17-28-23-15-11-21(12-16-23)20-7-9-22(10-8-20)25(27)29-24-13-5-19(18-26)6-14-24/h7-12,15-16,19,24H,2-6,13-14,17H2,1H3/t19-,24-. The summed E-state index contributed by atoms with van der Waals surface area (Å²) in [5, 5.41) is 8.97. The summed E-state index contributed by atoms with van der Waals surface area (Å²) >= 11 is 0. The SMILES string of the molecule is CCCCCOc1ccc(-c2ccc(C(=O)O[C@H]3CC[C@H](C#N)CC3)cc2)cc1. The van der Waals surface area contributed by atoms with Crippen molar-refractivity contribution in [2.24, 2.45) is 5.92 Å². The average molecular weight is 392 g/mol. The molecule has 0 atom stereocenters. The van der Waals surface area contributed by atoms with Crippen LogP contribution in [-0.2, 0) is 4.74 Å². The van der Waals surface area contributed by atoms with E-state index >= 15 is 0 Å². The van der Waals surface area contributed by atoms with Crippen molar-refractivity contribution in [3.05, 3.63) is 54.1 Å². The van der Waals surface area contributed by atoms with Crippen LogP contribution in [-0.4, -0.2) is 18.7 Å². The summed E-state index contributed by atoms with van der Waals surface area (Å²) < 4.78 is 11.4. The average Bonchev–Trinajstić information content (AvgIpc) is 2.78. The summed E-state index contributed by atoms with van der Waals surface area (Å²) in [5.41, 5.74) is 2.70. The van der Waals surface area contributed by atoms with Gasteiger partial charge in [0.2, 0.25) is 0 Å². The first-order valence-electron chi connectivity index (χ1n) is 10.6. The third-order valence-electron chi connectivity index (χ3n) is 5.46. The van der Waals surface area contributed by atoms with E-state index in [0.29, 0.717) is 5.56 Å². The first kappa shape index (κ1) is 20.9. The van der Waals surface area contributed by atoms with Gasteiger partial charge in [0.25, 0.3) is 0 Å². The highest BCUT2D eigenvalue weighted by atomic mass is 16.5. The second-order valence-electron chi connectivity index (χ2n) is 7.67. The van der Waals surface area contributed by atoms with E-state index < -0.39 is 0 Å². The molecule has 1 fully saturated rings. The molecule has 2 aromatic carbocycles. The minimum atomic E-state index is -0.284. The fraction of sp³-hybridized carbons (Fsp3) is 0.440. The summed E-state index contributed by atoms with van der Waals surface area (Å²) in [7, 11) is 0. The molecular formula is C25H29NO3. The summed E-state index contributed by atoms with van der Waals surface area (Å²) in [6, 6.07) is 17.9. The molecule has 0 aliphatic heterocycles. The van der Waals surface area contributed by atoms with Gasteiger partial charge >= 0.3 is 5.97 Å². The van der Waals surface area contributed by atoms with Crippen LogP contribution in [0.1, 0.15) is 62.2 Å². The highest BCUT2D eigenvalue weighted by Crippen LogP contribution is 2.27. The summed E-state index contributed by atoms with van der Waals surface area (Å²) in [5.74, 6) is 0.710. The second kappa shape index (κ2) is 10.7. The summed E-state index contributed by atoms with van der Waals surface area (Å²) in [4.78, 5) is 12.4. The number of nitrogens with zero attached hydrogens (tertiary/aromatic N) is 1. The van der Waals surface area contributed by atoms with E-state index in [2.05, 4.69) is 13.0 Å². The Bertz CT molecular complexity index is 813. The van der Waals surface area contributed by atoms with Gasteiger partial charge in [-0.15, -0.1) is 0 Å². The van der Waals surface area contributed by atoms with Crippen LogP contribution in [0.25, 0.3) is 11.1 Å². The maximum absolute atomic E-state index is 12.4. The molecule has 0 saturated heterocycles. The minimum absolute atomic E-state index is 0.0725. The number of carbonyl (C=O) groups is 1. The third kappa shape index (κ3) is 6.09. The van der Waals surface area contributed by atoms with Gasteiger partial charge in [0, 0.05) is 5.92 Å². The lowest BCUT2D eigenvalue weighted by Gasteiger charge is -2.24. The molecule has 0 bridgehead atoms. The molecule has 1 aliphatic carbocycles. The van der Waals surface area contributed by atoms with Crippen molar-refractivity contribution in [1.29, 1.82) is 5.26 Å². The van der Waals surface area contributed by atoms with Gasteiger partial charge in [-0.3, -0.25) is 0 Å². The van der Waals surface area contributed by atoms with Gasteiger partial charge in [-0.1, -0.05) is 44.0 Å². The smallest absolute Gasteiger partial charge is 0.338 e. The molecule has 0 heterocycles. The van der Waals surface area contributed by atoms with E-state index in [0.717, 1.165) is 55.6 Å². The van der Waals surface area contributed by atoms with Crippen LogP contribution in [0.5, 0.6) is 5.75 Å². The Morgan fingerprint density at radius 1 is 0.966 bits per heavy atom. The Labute approximate surface area is 173 Å². The van der Waals surface area contributed by atoms with Crippen molar-refractivity contribution < 1.29 is 14.3 Å². The second-order valence-corrected chi connectivity index (χ2v) is 7.67. The highest BCUT2D eigenvalue weighted by molar-refractivity contribution is 5.90. The Morgan fingerprint density at radius 3 is 2.17 bits per heavy atom. The van der Waals surface area contributed by atoms with Crippen molar-refractivity contribution in [1.82, 2.24) is 0 Å². The number of esters is 1. The van der Waals surface area contributed by atoms with Crippen LogP contribution < -0.4 is 4.74 Å². The Hall–Kier alpha value is -2.80. The van der Waals surface area contributed by atoms with Crippen molar-refractivity contribution in [3.63, 3.8) is 0 Å². The van der Waals surface area contributed by atoms with Crippen molar-refractivity contribution >= 4 is 5.97 Å². The van der Waals surface area contributed by atoms with Crippen LogP contribution >= 0.6 is 0 Å². The van der Waals surface area contributed by atoms with Gasteiger partial charge in [0.15, 0.2) is 0 Å². The molecule has 152 valence electrons. The van der Waals surface area contributed by atoms with E-state index in [-0.39, 0.29) is 18.0 Å². The lowest BCUT2D eigenvalue weighted by atomic mass is 9.88. The molecule has 0 unspecified atom stereocenters. The molecule has 0 aromatic heterocycles. The van der Waals surface area contributed by atoms with Crippen LogP contribution in [0.2, 0.25) is 0 Å². The fourth-order valence-corrected chi connectivity index (χ4v) is 3.61. The van der Waals surface area contributed by atoms with Gasteiger partial charge in [-0.2, -0.15) is 5.26 Å². The number of carbonyl (C=O) groups excluding carboxylic acids is 1. The molecule has 1 aliphatic rings. The lowest BCUT2D eigenvalue weighted by Crippen LogP contribution is -2.24. The molecule has 4 heteroatoms. The van der Waals surface area contributed by atoms with Gasteiger partial charge < -0.3 is 9.47 Å². The zero-order valence-corrected chi connectivity index (χ0v) is 17.1. The topological polar surface area (TPSA) is 59.3 Å². The number of unbranched alkanes of at least 4 members (excludes halogenated alkanes) is 2. The number of benzene rings is 2. The molecule has 2 aromatic rings. The Morgan fingerprint density at radius 2 is 1.59 bits per heavy atom. The molecule has 4 nitrogen and oxygen atoms in total. The molecule has 3 rings (SSSR count). The Kier molecular flexibility index (Phi) is 7.69. The fourth-order valence-electron chi connectivity index (χ4n) is 3.61. The maximum Gasteiger partial charge on any atom is 0.338 e. The number of hydrogen-bond acceptors (Lipinski definition) is 4. The zero-order chi connectivity index (χ0) is 20.5. The molecule has 0 N–H and O–H groups in total. The molecule has 29 heavy (non-hydrogen) atoms. The number of rotatable bonds is 8. The number of hydrogen-bond donors (Lipinski definition) is 0. The van der Waals surface area contributed by atoms with E-state index in [9.17, 15) is 4.79 Å². The lowest BCUT2D eigenvalue weighted by molar-refractivity contribution is 0.0187. The van der Waals surface area contributed by atoms with E-state index in [4.69, 9.17) is 14.7 Å². The number of nitriles is 1. The van der Waals surface area contributed by atoms with Gasteiger partial charge in [0.1, 0.15) is 11.9 Å². The molecule has 0 amide bonds. The molecule has 0 radical (unpaired) electrons. The third-order valence-corrected chi connectivity index (χ3v) is 5.46. The van der Waals surface area contributed by atoms with Crippen molar-refractivity contribution in [2.45, 2.75) is 58.0 Å². The van der Waals surface area contributed by atoms with Crippen LogP contribution in [0, 0.1) is 17.2 Å². The predicted molar refractivity (Wildman–Crippen MR) is 114 cm³/mol. The summed E-state index contributed by atoms with van der Waals surface area (Å²) in [6.45, 7) is 2.93. The maximum atomic E-state index is 12.4. The van der Waals surface area contributed by atoms with Crippen LogP contribution in [0.4, 0.5) is 0 Å². The van der Waals surface area contributed by atoms with Crippen LogP contribution in [0.15, 0.2) is 48.5 Å². The minimum Gasteiger partial charge on any atom is -0.494 e. The first-order chi connectivity index (χ1) is 14.2. The monoisotopic (exact) mass is 391 g/mol. The molecular weight excluding hydrogens is 362 g/mol. The van der Waals surface area contributed by atoms with Gasteiger partial charge in [-0.25, -0.2) is 4.79 Å². The van der Waals surface area contributed by atoms with E-state index in [1.165, 1.54) is 12.8 Å². The van der Waals surface area contributed by atoms with Crippen LogP contribution in [0.3, 0.4) is 0 Å². The highest BCUT2D eigenvalue weighted by Gasteiger charge is 2.24. The summed E-state index contributed by atoms with van der Waals surface area (Å²) in [6.07, 6.45) is 6.55. The molecule has 1 saturated carbocycles. The van der Waals surface area contributed by atoms with Gasteiger partial charge in [-0.05, 0) is 67.5 Å². The Balaban J connectivity index is 1.53.